The Bertz CT molecular complexity index is 674. The van der Waals surface area contributed by atoms with Crippen LogP contribution in [0, 0.1) is 0 Å². The fourth-order valence-electron chi connectivity index (χ4n) is 2.15. The average Bonchev–Trinajstić information content (AvgIpc) is 2.46. The molecule has 0 bridgehead atoms. The molecule has 2 rings (SSSR count). The maximum atomic E-state index is 12.7. The molecule has 0 radical (unpaired) electrons. The van der Waals surface area contributed by atoms with Crippen molar-refractivity contribution in [1.29, 1.82) is 0 Å². The van der Waals surface area contributed by atoms with Crippen molar-refractivity contribution in [2.45, 2.75) is 18.2 Å². The lowest BCUT2D eigenvalue weighted by Crippen LogP contribution is -2.34. The Balaban J connectivity index is 2.56. The number of pyridine rings is 1. The lowest BCUT2D eigenvalue weighted by molar-refractivity contribution is 0.253. The van der Waals surface area contributed by atoms with Crippen molar-refractivity contribution in [3.8, 4) is 0 Å². The standard InChI is InChI=1S/C14H18N2O3S/c1-2-9-16(10-11-17)20(18,19)14-7-3-6-13-12(14)5-4-8-15-13/h3-8,17H,2,9-11H2,1H3. The van der Waals surface area contributed by atoms with Crippen LogP contribution in [0.3, 0.4) is 0 Å². The molecule has 1 aromatic carbocycles. The van der Waals surface area contributed by atoms with Crippen molar-refractivity contribution in [2.24, 2.45) is 0 Å². The molecule has 0 fully saturated rings. The number of aliphatic hydroxyl groups is 1. The molecule has 5 nitrogen and oxygen atoms in total. The van der Waals surface area contributed by atoms with Crippen molar-refractivity contribution in [2.75, 3.05) is 19.7 Å². The number of nitrogens with zero attached hydrogens (tertiary/aromatic N) is 2. The van der Waals surface area contributed by atoms with Gasteiger partial charge < -0.3 is 5.11 Å². The van der Waals surface area contributed by atoms with E-state index < -0.39 is 10.0 Å². The molecule has 0 saturated carbocycles. The van der Waals surface area contributed by atoms with Crippen molar-refractivity contribution in [1.82, 2.24) is 9.29 Å². The van der Waals surface area contributed by atoms with Crippen LogP contribution in [0.25, 0.3) is 10.9 Å². The molecule has 0 unspecified atom stereocenters. The summed E-state index contributed by atoms with van der Waals surface area (Å²) in [4.78, 5) is 4.42. The molecule has 1 N–H and O–H groups in total. The normalized spacial score (nSPS) is 12.2. The maximum absolute atomic E-state index is 12.7. The molecular weight excluding hydrogens is 276 g/mol. The van der Waals surface area contributed by atoms with Gasteiger partial charge in [-0.05, 0) is 30.7 Å². The predicted molar refractivity (Wildman–Crippen MR) is 77.9 cm³/mol. The summed E-state index contributed by atoms with van der Waals surface area (Å²) >= 11 is 0. The van der Waals surface area contributed by atoms with Crippen molar-refractivity contribution >= 4 is 20.9 Å². The third kappa shape index (κ3) is 2.82. The van der Waals surface area contributed by atoms with Gasteiger partial charge in [0.05, 0.1) is 17.0 Å². The zero-order valence-electron chi connectivity index (χ0n) is 11.4. The molecule has 0 aliphatic heterocycles. The van der Waals surface area contributed by atoms with Crippen molar-refractivity contribution in [3.05, 3.63) is 36.5 Å². The number of fused-ring (bicyclic) bond motifs is 1. The van der Waals surface area contributed by atoms with E-state index >= 15 is 0 Å². The van der Waals surface area contributed by atoms with E-state index in [4.69, 9.17) is 5.11 Å². The van der Waals surface area contributed by atoms with Crippen LogP contribution in [0.5, 0.6) is 0 Å². The number of benzene rings is 1. The maximum Gasteiger partial charge on any atom is 0.243 e. The minimum atomic E-state index is -3.62. The van der Waals surface area contributed by atoms with Gasteiger partial charge in [0.25, 0.3) is 0 Å². The van der Waals surface area contributed by atoms with Gasteiger partial charge in [0.1, 0.15) is 0 Å². The Hall–Kier alpha value is -1.50. The van der Waals surface area contributed by atoms with Crippen LogP contribution in [0.4, 0.5) is 0 Å². The van der Waals surface area contributed by atoms with E-state index in [0.29, 0.717) is 23.9 Å². The predicted octanol–water partition coefficient (Wildman–Crippen LogP) is 1.63. The molecule has 108 valence electrons. The fraction of sp³-hybridized carbons (Fsp3) is 0.357. The molecule has 1 heterocycles. The fourth-order valence-corrected chi connectivity index (χ4v) is 3.88. The Morgan fingerprint density at radius 1 is 1.20 bits per heavy atom. The highest BCUT2D eigenvalue weighted by atomic mass is 32.2. The van der Waals surface area contributed by atoms with Gasteiger partial charge in [0.15, 0.2) is 0 Å². The Labute approximate surface area is 118 Å². The van der Waals surface area contributed by atoms with Crippen LogP contribution < -0.4 is 0 Å². The second kappa shape index (κ2) is 6.30. The number of rotatable bonds is 6. The van der Waals surface area contributed by atoms with E-state index in [1.54, 1.807) is 36.5 Å². The lowest BCUT2D eigenvalue weighted by Gasteiger charge is -2.21. The van der Waals surface area contributed by atoms with Gasteiger partial charge in [-0.25, -0.2) is 8.42 Å². The first kappa shape index (κ1) is 14.9. The van der Waals surface area contributed by atoms with E-state index in [-0.39, 0.29) is 18.0 Å². The minimum absolute atomic E-state index is 0.104. The smallest absolute Gasteiger partial charge is 0.243 e. The van der Waals surface area contributed by atoms with Gasteiger partial charge in [-0.3, -0.25) is 4.98 Å². The van der Waals surface area contributed by atoms with Gasteiger partial charge >= 0.3 is 0 Å². The quantitative estimate of drug-likeness (QED) is 0.879. The molecule has 2 aromatic rings. The van der Waals surface area contributed by atoms with Crippen LogP contribution in [0.2, 0.25) is 0 Å². The highest BCUT2D eigenvalue weighted by Gasteiger charge is 2.25. The Kier molecular flexibility index (Phi) is 4.69. The Morgan fingerprint density at radius 3 is 2.70 bits per heavy atom. The zero-order valence-corrected chi connectivity index (χ0v) is 12.2. The van der Waals surface area contributed by atoms with Gasteiger partial charge in [0.2, 0.25) is 10.0 Å². The van der Waals surface area contributed by atoms with Gasteiger partial charge in [-0.1, -0.05) is 13.0 Å². The van der Waals surface area contributed by atoms with Crippen LogP contribution >= 0.6 is 0 Å². The first-order valence-electron chi connectivity index (χ1n) is 6.56. The van der Waals surface area contributed by atoms with Gasteiger partial charge in [0, 0.05) is 24.7 Å². The molecule has 6 heteroatoms. The first-order chi connectivity index (χ1) is 9.61. The molecule has 0 atom stereocenters. The highest BCUT2D eigenvalue weighted by Crippen LogP contribution is 2.24. The number of aromatic nitrogens is 1. The van der Waals surface area contributed by atoms with Crippen LogP contribution in [0.1, 0.15) is 13.3 Å². The molecular formula is C14H18N2O3S. The van der Waals surface area contributed by atoms with Gasteiger partial charge in [-0.2, -0.15) is 4.31 Å². The lowest BCUT2D eigenvalue weighted by atomic mass is 10.2. The third-order valence-electron chi connectivity index (χ3n) is 3.05. The minimum Gasteiger partial charge on any atom is -0.395 e. The molecule has 0 aliphatic carbocycles. The number of hydrogen-bond donors (Lipinski definition) is 1. The zero-order chi connectivity index (χ0) is 14.6. The molecule has 0 amide bonds. The number of hydrogen-bond acceptors (Lipinski definition) is 4. The first-order valence-corrected chi connectivity index (χ1v) is 8.00. The molecule has 0 aliphatic rings. The van der Waals surface area contributed by atoms with Crippen LogP contribution in [-0.2, 0) is 10.0 Å². The summed E-state index contributed by atoms with van der Waals surface area (Å²) in [7, 11) is -3.62. The Morgan fingerprint density at radius 2 is 2.00 bits per heavy atom. The summed E-state index contributed by atoms with van der Waals surface area (Å²) in [5.41, 5.74) is 0.647. The number of sulfonamides is 1. The molecule has 0 saturated heterocycles. The summed E-state index contributed by atoms with van der Waals surface area (Å²) in [5.74, 6) is 0. The van der Waals surface area contributed by atoms with E-state index in [1.807, 2.05) is 6.92 Å². The van der Waals surface area contributed by atoms with Crippen LogP contribution in [0.15, 0.2) is 41.4 Å². The SMILES string of the molecule is CCCN(CCO)S(=O)(=O)c1cccc2ncccc12. The van der Waals surface area contributed by atoms with Crippen molar-refractivity contribution in [3.63, 3.8) is 0 Å². The van der Waals surface area contributed by atoms with E-state index in [9.17, 15) is 8.42 Å². The molecule has 1 aromatic heterocycles. The summed E-state index contributed by atoms with van der Waals surface area (Å²) in [6.07, 6.45) is 2.33. The monoisotopic (exact) mass is 294 g/mol. The summed E-state index contributed by atoms with van der Waals surface area (Å²) in [6.45, 7) is 2.21. The summed E-state index contributed by atoms with van der Waals surface area (Å²) in [5, 5.41) is 9.67. The molecule has 20 heavy (non-hydrogen) atoms. The van der Waals surface area contributed by atoms with Crippen LogP contribution in [-0.4, -0.2) is 42.5 Å². The summed E-state index contributed by atoms with van der Waals surface area (Å²) < 4.78 is 26.7. The second-order valence-electron chi connectivity index (χ2n) is 4.45. The second-order valence-corrected chi connectivity index (χ2v) is 6.36. The van der Waals surface area contributed by atoms with Gasteiger partial charge in [-0.15, -0.1) is 0 Å². The largest absolute Gasteiger partial charge is 0.395 e. The van der Waals surface area contributed by atoms with E-state index in [1.165, 1.54) is 4.31 Å². The third-order valence-corrected chi connectivity index (χ3v) is 5.00. The molecule has 0 spiro atoms. The van der Waals surface area contributed by atoms with Crippen molar-refractivity contribution < 1.29 is 13.5 Å². The average molecular weight is 294 g/mol. The highest BCUT2D eigenvalue weighted by molar-refractivity contribution is 7.89. The van der Waals surface area contributed by atoms with E-state index in [2.05, 4.69) is 4.98 Å². The topological polar surface area (TPSA) is 70.5 Å². The number of aliphatic hydroxyl groups excluding tert-OH is 1. The summed E-state index contributed by atoms with van der Waals surface area (Å²) in [6, 6.07) is 8.52. The van der Waals surface area contributed by atoms with E-state index in [0.717, 1.165) is 0 Å².